The fraction of sp³-hybridized carbons (Fsp3) is 0.200. The van der Waals surface area contributed by atoms with Crippen molar-refractivity contribution >= 4 is 17.0 Å². The Morgan fingerprint density at radius 3 is 2.83 bits per heavy atom. The maximum atomic E-state index is 12.8. The van der Waals surface area contributed by atoms with Crippen molar-refractivity contribution in [3.63, 3.8) is 0 Å². The fourth-order valence-corrected chi connectivity index (χ4v) is 2.14. The highest BCUT2D eigenvalue weighted by Crippen LogP contribution is 2.09. The van der Waals surface area contributed by atoms with E-state index in [1.807, 2.05) is 0 Å². The number of nitrogens with one attached hydrogen (secondary N) is 1. The normalized spacial score (nSPS) is 10.9. The molecule has 0 radical (unpaired) electrons. The highest BCUT2D eigenvalue weighted by molar-refractivity contribution is 5.77. The molecule has 0 saturated heterocycles. The summed E-state index contributed by atoms with van der Waals surface area (Å²) in [4.78, 5) is 28.2. The number of nitrogens with zero attached hydrogens (tertiary/aromatic N) is 3. The number of carbonyl (C=O) groups is 1. The van der Waals surface area contributed by atoms with Crippen LogP contribution in [0.4, 0.5) is 4.39 Å². The van der Waals surface area contributed by atoms with Crippen LogP contribution in [-0.4, -0.2) is 20.6 Å². The Balaban J connectivity index is 1.70. The summed E-state index contributed by atoms with van der Waals surface area (Å²) in [5.74, 6) is -0.693. The fourth-order valence-electron chi connectivity index (χ4n) is 2.14. The van der Waals surface area contributed by atoms with E-state index in [1.54, 1.807) is 19.1 Å². The molecule has 3 rings (SSSR count). The minimum Gasteiger partial charge on any atom is -0.350 e. The van der Waals surface area contributed by atoms with Gasteiger partial charge >= 0.3 is 0 Å². The van der Waals surface area contributed by atoms with Crippen LogP contribution in [0.15, 0.2) is 39.9 Å². The van der Waals surface area contributed by atoms with Gasteiger partial charge < -0.3 is 9.84 Å². The molecule has 1 amide bonds. The number of amides is 1. The lowest BCUT2D eigenvalue weighted by atomic mass is 10.2. The predicted molar refractivity (Wildman–Crippen MR) is 79.0 cm³/mol. The van der Waals surface area contributed by atoms with Gasteiger partial charge in [-0.15, -0.1) is 0 Å². The SMILES string of the molecule is Cc1noc2ncn(CC(=O)NCc3ccc(F)cc3)c(=O)c12. The Kier molecular flexibility index (Phi) is 3.88. The lowest BCUT2D eigenvalue weighted by molar-refractivity contribution is -0.121. The third-order valence-corrected chi connectivity index (χ3v) is 3.35. The first-order chi connectivity index (χ1) is 11.0. The lowest BCUT2D eigenvalue weighted by Crippen LogP contribution is -2.32. The first kappa shape index (κ1) is 14.9. The molecule has 7 nitrogen and oxygen atoms in total. The zero-order valence-electron chi connectivity index (χ0n) is 12.2. The van der Waals surface area contributed by atoms with E-state index in [0.29, 0.717) is 5.69 Å². The topological polar surface area (TPSA) is 90.0 Å². The Labute approximate surface area is 129 Å². The van der Waals surface area contributed by atoms with Crippen molar-refractivity contribution in [1.82, 2.24) is 20.0 Å². The van der Waals surface area contributed by atoms with Crippen LogP contribution in [0, 0.1) is 12.7 Å². The average Bonchev–Trinajstić information content (AvgIpc) is 2.91. The van der Waals surface area contributed by atoms with Crippen LogP contribution in [0.2, 0.25) is 0 Å². The van der Waals surface area contributed by atoms with Crippen LogP contribution in [0.5, 0.6) is 0 Å². The number of aromatic nitrogens is 3. The lowest BCUT2D eigenvalue weighted by Gasteiger charge is -2.07. The molecule has 118 valence electrons. The quantitative estimate of drug-likeness (QED) is 0.780. The molecule has 2 aromatic heterocycles. The second kappa shape index (κ2) is 5.99. The van der Waals surface area contributed by atoms with E-state index in [-0.39, 0.29) is 41.5 Å². The maximum Gasteiger partial charge on any atom is 0.267 e. The molecular formula is C15H13FN4O3. The molecule has 0 spiro atoms. The van der Waals surface area contributed by atoms with E-state index in [2.05, 4.69) is 15.5 Å². The minimum atomic E-state index is -0.384. The summed E-state index contributed by atoms with van der Waals surface area (Å²) in [7, 11) is 0. The Morgan fingerprint density at radius 1 is 1.35 bits per heavy atom. The van der Waals surface area contributed by atoms with Gasteiger partial charge in [-0.05, 0) is 24.6 Å². The molecule has 8 heteroatoms. The number of benzene rings is 1. The van der Waals surface area contributed by atoms with E-state index >= 15 is 0 Å². The molecule has 2 heterocycles. The highest BCUT2D eigenvalue weighted by Gasteiger charge is 2.13. The van der Waals surface area contributed by atoms with E-state index in [4.69, 9.17) is 4.52 Å². The average molecular weight is 316 g/mol. The molecule has 0 saturated carbocycles. The summed E-state index contributed by atoms with van der Waals surface area (Å²) in [5, 5.41) is 6.60. The second-order valence-corrected chi connectivity index (χ2v) is 5.03. The molecule has 3 aromatic rings. The summed E-state index contributed by atoms with van der Waals surface area (Å²) in [6, 6.07) is 5.79. The van der Waals surface area contributed by atoms with Gasteiger partial charge in [0.05, 0.1) is 5.69 Å². The third kappa shape index (κ3) is 3.10. The molecule has 1 aromatic carbocycles. The predicted octanol–water partition coefficient (Wildman–Crippen LogP) is 1.15. The Hall–Kier alpha value is -3.03. The van der Waals surface area contributed by atoms with E-state index in [0.717, 1.165) is 5.56 Å². The summed E-state index contributed by atoms with van der Waals surface area (Å²) < 4.78 is 18.9. The van der Waals surface area contributed by atoms with E-state index < -0.39 is 0 Å². The summed E-state index contributed by atoms with van der Waals surface area (Å²) in [5.41, 5.74) is 0.954. The van der Waals surface area contributed by atoms with E-state index in [1.165, 1.54) is 23.0 Å². The van der Waals surface area contributed by atoms with Crippen LogP contribution in [0.1, 0.15) is 11.3 Å². The van der Waals surface area contributed by atoms with Crippen LogP contribution in [-0.2, 0) is 17.9 Å². The first-order valence-electron chi connectivity index (χ1n) is 6.87. The van der Waals surface area contributed by atoms with Crippen LogP contribution in [0.25, 0.3) is 11.1 Å². The van der Waals surface area contributed by atoms with Crippen molar-refractivity contribution in [2.24, 2.45) is 0 Å². The van der Waals surface area contributed by atoms with Gasteiger partial charge in [0.2, 0.25) is 5.91 Å². The van der Waals surface area contributed by atoms with Gasteiger partial charge in [0.1, 0.15) is 24.1 Å². The van der Waals surface area contributed by atoms with Gasteiger partial charge in [-0.3, -0.25) is 14.2 Å². The standard InChI is InChI=1S/C15H13FN4O3/c1-9-13-14(23-19-9)18-8-20(15(13)22)7-12(21)17-6-10-2-4-11(16)5-3-10/h2-5,8H,6-7H2,1H3,(H,17,21). The third-order valence-electron chi connectivity index (χ3n) is 3.35. The Morgan fingerprint density at radius 2 is 2.09 bits per heavy atom. The summed E-state index contributed by atoms with van der Waals surface area (Å²) in [6.07, 6.45) is 1.24. The molecule has 23 heavy (non-hydrogen) atoms. The highest BCUT2D eigenvalue weighted by atomic mass is 19.1. The maximum absolute atomic E-state index is 12.8. The Bertz CT molecular complexity index is 915. The molecule has 0 fully saturated rings. The molecule has 0 aliphatic rings. The smallest absolute Gasteiger partial charge is 0.267 e. The molecule has 0 aliphatic carbocycles. The first-order valence-corrected chi connectivity index (χ1v) is 6.87. The number of hydrogen-bond donors (Lipinski definition) is 1. The van der Waals surface area contributed by atoms with Gasteiger partial charge in [-0.1, -0.05) is 17.3 Å². The van der Waals surface area contributed by atoms with E-state index in [9.17, 15) is 14.0 Å². The second-order valence-electron chi connectivity index (χ2n) is 5.03. The number of hydrogen-bond acceptors (Lipinski definition) is 5. The van der Waals surface area contributed by atoms with Gasteiger partial charge in [-0.2, -0.15) is 0 Å². The van der Waals surface area contributed by atoms with Gasteiger partial charge in [-0.25, -0.2) is 9.37 Å². The number of fused-ring (bicyclic) bond motifs is 1. The molecule has 0 atom stereocenters. The van der Waals surface area contributed by atoms with Crippen molar-refractivity contribution in [2.75, 3.05) is 0 Å². The van der Waals surface area contributed by atoms with Crippen LogP contribution >= 0.6 is 0 Å². The number of carbonyl (C=O) groups excluding carboxylic acids is 1. The minimum absolute atomic E-state index is 0.149. The zero-order chi connectivity index (χ0) is 16.4. The molecule has 0 unspecified atom stereocenters. The van der Waals surface area contributed by atoms with Crippen LogP contribution in [0.3, 0.4) is 0 Å². The monoisotopic (exact) mass is 316 g/mol. The van der Waals surface area contributed by atoms with Gasteiger partial charge in [0.15, 0.2) is 0 Å². The van der Waals surface area contributed by atoms with Gasteiger partial charge in [0.25, 0.3) is 11.3 Å². The van der Waals surface area contributed by atoms with Crippen molar-refractivity contribution in [3.8, 4) is 0 Å². The molecular weight excluding hydrogens is 303 g/mol. The summed E-state index contributed by atoms with van der Waals surface area (Å²) >= 11 is 0. The van der Waals surface area contributed by atoms with Gasteiger partial charge in [0, 0.05) is 6.54 Å². The largest absolute Gasteiger partial charge is 0.350 e. The van der Waals surface area contributed by atoms with Crippen molar-refractivity contribution in [1.29, 1.82) is 0 Å². The van der Waals surface area contributed by atoms with Crippen molar-refractivity contribution in [2.45, 2.75) is 20.0 Å². The molecule has 1 N–H and O–H groups in total. The zero-order valence-corrected chi connectivity index (χ0v) is 12.2. The molecule has 0 aliphatic heterocycles. The van der Waals surface area contributed by atoms with Crippen molar-refractivity contribution in [3.05, 3.63) is 58.0 Å². The number of rotatable bonds is 4. The number of halogens is 1. The summed E-state index contributed by atoms with van der Waals surface area (Å²) in [6.45, 7) is 1.71. The number of aryl methyl sites for hydroxylation is 1. The molecule has 0 bridgehead atoms. The van der Waals surface area contributed by atoms with Crippen LogP contribution < -0.4 is 10.9 Å². The van der Waals surface area contributed by atoms with Crippen molar-refractivity contribution < 1.29 is 13.7 Å².